The highest BCUT2D eigenvalue weighted by atomic mass is 19.1. The first-order chi connectivity index (χ1) is 33.7. The lowest BCUT2D eigenvalue weighted by Gasteiger charge is -2.37. The zero-order chi connectivity index (χ0) is 50.0. The van der Waals surface area contributed by atoms with E-state index in [0.29, 0.717) is 85.8 Å². The van der Waals surface area contributed by atoms with Crippen molar-refractivity contribution in [2.24, 2.45) is 5.92 Å². The molecule has 1 aliphatic carbocycles. The molecule has 5 aromatic rings. The predicted octanol–water partition coefficient (Wildman–Crippen LogP) is 8.38. The minimum atomic E-state index is -1.12. The summed E-state index contributed by atoms with van der Waals surface area (Å²) in [7, 11) is 7.96. The van der Waals surface area contributed by atoms with E-state index in [2.05, 4.69) is 20.9 Å². The third-order valence-corrected chi connectivity index (χ3v) is 12.7. The lowest BCUT2D eigenvalue weighted by molar-refractivity contribution is -0.128. The van der Waals surface area contributed by atoms with Gasteiger partial charge in [0.05, 0.1) is 44.2 Å². The van der Waals surface area contributed by atoms with Gasteiger partial charge >= 0.3 is 5.97 Å². The Balaban J connectivity index is 0.000000318. The number of fused-ring (bicyclic) bond motifs is 6. The maximum Gasteiger partial charge on any atom is 0.340 e. The number of halogens is 1. The molecular weight excluding hydrogens is 896 g/mol. The van der Waals surface area contributed by atoms with Gasteiger partial charge in [-0.2, -0.15) is 0 Å². The number of carbonyl (C=O) groups is 4. The molecule has 0 bridgehead atoms. The van der Waals surface area contributed by atoms with Gasteiger partial charge < -0.3 is 49.4 Å². The number of pyridine rings is 1. The first-order valence-electron chi connectivity index (χ1n) is 23.7. The normalized spacial score (nSPS) is 13.9. The first kappa shape index (κ1) is 50.8. The third-order valence-electron chi connectivity index (χ3n) is 12.7. The highest BCUT2D eigenvalue weighted by molar-refractivity contribution is 6.00. The van der Waals surface area contributed by atoms with Gasteiger partial charge in [-0.3, -0.25) is 14.4 Å². The number of hydrogen-bond donors (Lipinski definition) is 3. The van der Waals surface area contributed by atoms with Crippen LogP contribution in [0.3, 0.4) is 0 Å². The molecule has 15 nitrogen and oxygen atoms in total. The molecule has 0 radical (unpaired) electrons. The fourth-order valence-electron chi connectivity index (χ4n) is 8.34. The second-order valence-electron chi connectivity index (χ2n) is 17.9. The molecular formula is C54H69FN6O9. The SMILES string of the molecule is CCC(CC)(NC(=O)c1cnc(OCC2CC2)c(-c2ccc(F)cc2)c1)C(=O)NCCOCCOCCNC(C)=O.CN(C)c1ccc2c(c1)Oc1cc(N(C)C)ccc1C21OC(=O)c2ccccc21.[HH].[HH].[HH]. The number of rotatable bonds is 20. The average Bonchev–Trinajstić information content (AvgIpc) is 4.15. The van der Waals surface area contributed by atoms with E-state index < -0.39 is 17.0 Å². The second-order valence-corrected chi connectivity index (χ2v) is 17.9. The minimum Gasteiger partial charge on any atom is -0.477 e. The zero-order valence-corrected chi connectivity index (χ0v) is 41.0. The van der Waals surface area contributed by atoms with Crippen molar-refractivity contribution in [3.8, 4) is 28.5 Å². The van der Waals surface area contributed by atoms with Gasteiger partial charge in [0, 0.05) is 104 Å². The number of aromatic nitrogens is 1. The van der Waals surface area contributed by atoms with E-state index in [9.17, 15) is 23.6 Å². The third kappa shape index (κ3) is 11.5. The van der Waals surface area contributed by atoms with Crippen LogP contribution in [0.25, 0.3) is 11.1 Å². The molecule has 1 fully saturated rings. The van der Waals surface area contributed by atoms with Crippen LogP contribution in [0, 0.1) is 11.7 Å². The summed E-state index contributed by atoms with van der Waals surface area (Å²) in [5.41, 5.74) is 4.55. The van der Waals surface area contributed by atoms with Gasteiger partial charge in [0.25, 0.3) is 5.91 Å². The highest BCUT2D eigenvalue weighted by Gasteiger charge is 2.53. The van der Waals surface area contributed by atoms with Crippen LogP contribution in [-0.4, -0.2) is 109 Å². The van der Waals surface area contributed by atoms with Crippen LogP contribution in [0.15, 0.2) is 97.2 Å². The molecule has 70 heavy (non-hydrogen) atoms. The number of anilines is 2. The van der Waals surface area contributed by atoms with E-state index in [1.807, 2.05) is 113 Å². The smallest absolute Gasteiger partial charge is 0.340 e. The number of esters is 1. The molecule has 3 aliphatic rings. The van der Waals surface area contributed by atoms with Gasteiger partial charge in [-0.1, -0.05) is 44.2 Å². The Morgan fingerprint density at radius 2 is 1.39 bits per heavy atom. The lowest BCUT2D eigenvalue weighted by atomic mass is 9.77. The van der Waals surface area contributed by atoms with Gasteiger partial charge in [0.1, 0.15) is 22.9 Å². The molecule has 0 atom stereocenters. The Kier molecular flexibility index (Phi) is 16.4. The Morgan fingerprint density at radius 1 is 0.786 bits per heavy atom. The molecule has 2 aliphatic heterocycles. The van der Waals surface area contributed by atoms with Crippen molar-refractivity contribution in [3.63, 3.8) is 0 Å². The summed E-state index contributed by atoms with van der Waals surface area (Å²) in [6, 6.07) is 27.3. The van der Waals surface area contributed by atoms with Crippen molar-refractivity contribution in [1.29, 1.82) is 0 Å². The monoisotopic (exact) mass is 965 g/mol. The number of carbonyl (C=O) groups excluding carboxylic acids is 4. The maximum absolute atomic E-state index is 13.6. The molecule has 8 rings (SSSR count). The lowest BCUT2D eigenvalue weighted by Crippen LogP contribution is -2.58. The van der Waals surface area contributed by atoms with Gasteiger partial charge in [-0.15, -0.1) is 0 Å². The summed E-state index contributed by atoms with van der Waals surface area (Å²) in [6.07, 6.45) is 4.43. The molecule has 4 aromatic carbocycles. The molecule has 1 aromatic heterocycles. The second kappa shape index (κ2) is 22.6. The summed E-state index contributed by atoms with van der Waals surface area (Å²) in [6.45, 7) is 7.78. The predicted molar refractivity (Wildman–Crippen MR) is 272 cm³/mol. The number of nitrogens with one attached hydrogen (secondary N) is 3. The maximum atomic E-state index is 13.6. The van der Waals surface area contributed by atoms with E-state index in [1.54, 1.807) is 18.2 Å². The summed E-state index contributed by atoms with van der Waals surface area (Å²) < 4.78 is 42.9. The van der Waals surface area contributed by atoms with Gasteiger partial charge in [0.15, 0.2) is 5.60 Å². The molecule has 3 amide bonds. The highest BCUT2D eigenvalue weighted by Crippen LogP contribution is 2.57. The average molecular weight is 965 g/mol. The summed E-state index contributed by atoms with van der Waals surface area (Å²) >= 11 is 0. The Bertz CT molecular complexity index is 2630. The van der Waals surface area contributed by atoms with Crippen molar-refractivity contribution in [1.82, 2.24) is 20.9 Å². The van der Waals surface area contributed by atoms with Crippen LogP contribution in [0.1, 0.15) is 88.1 Å². The number of ether oxygens (including phenoxy) is 5. The standard InChI is InChI=1S/C30H41FN4O6.C24H22N2O3.3H2/c1-4-30(5-2,29(38)33-13-15-40-17-16-39-14-12-32-21(3)36)35-27(37)24-18-26(23-8-10-25(31)11-9-23)28(34-19-24)41-20-22-6-7-22;1-25(2)15-9-11-19-21(13-15)28-22-14-16(26(3)4)10-12-20(22)24(19)18-8-6-5-7-17(18)23(27)29-24;;;/h8-11,18-19,22H,4-7,12-17,20H2,1-3H3,(H,32,36)(H,33,38)(H,35,37);5-14H,1-4H3;3*1H. The van der Waals surface area contributed by atoms with Crippen molar-refractivity contribution in [3.05, 3.63) is 131 Å². The molecule has 0 saturated heterocycles. The molecule has 3 heterocycles. The van der Waals surface area contributed by atoms with E-state index in [0.717, 1.165) is 40.9 Å². The molecule has 16 heteroatoms. The Hall–Kier alpha value is -7.04. The van der Waals surface area contributed by atoms with Gasteiger partial charge in [-0.25, -0.2) is 14.2 Å². The van der Waals surface area contributed by atoms with Crippen molar-refractivity contribution in [2.75, 3.05) is 84.1 Å². The van der Waals surface area contributed by atoms with Crippen LogP contribution in [0.4, 0.5) is 15.8 Å². The topological polar surface area (TPSA) is 170 Å². The van der Waals surface area contributed by atoms with Crippen LogP contribution in [-0.2, 0) is 29.4 Å². The molecule has 1 saturated carbocycles. The van der Waals surface area contributed by atoms with E-state index in [-0.39, 0.29) is 46.6 Å². The summed E-state index contributed by atoms with van der Waals surface area (Å²) in [5.74, 6) is 0.756. The minimum absolute atomic E-state index is 0. The summed E-state index contributed by atoms with van der Waals surface area (Å²) in [5, 5.41) is 8.41. The number of amides is 3. The molecule has 0 unspecified atom stereocenters. The zero-order valence-electron chi connectivity index (χ0n) is 41.0. The van der Waals surface area contributed by atoms with Crippen LogP contribution in [0.2, 0.25) is 0 Å². The quantitative estimate of drug-likeness (QED) is 0.0504. The molecule has 3 N–H and O–H groups in total. The fraction of sp³-hybridized carbons (Fsp3) is 0.389. The fourth-order valence-corrected chi connectivity index (χ4v) is 8.34. The van der Waals surface area contributed by atoms with Crippen LogP contribution < -0.4 is 35.2 Å². The first-order valence-corrected chi connectivity index (χ1v) is 23.7. The molecule has 376 valence electrons. The van der Waals surface area contributed by atoms with Crippen LogP contribution >= 0.6 is 0 Å². The number of benzene rings is 4. The van der Waals surface area contributed by atoms with E-state index >= 15 is 0 Å². The van der Waals surface area contributed by atoms with Gasteiger partial charge in [-0.05, 0) is 85.7 Å². The number of nitrogens with zero attached hydrogens (tertiary/aromatic N) is 3. The Labute approximate surface area is 413 Å². The van der Waals surface area contributed by atoms with Crippen LogP contribution in [0.5, 0.6) is 17.4 Å². The van der Waals surface area contributed by atoms with Gasteiger partial charge in [0.2, 0.25) is 17.7 Å². The van der Waals surface area contributed by atoms with Crippen molar-refractivity contribution >= 4 is 35.1 Å². The van der Waals surface area contributed by atoms with E-state index in [1.165, 1.54) is 25.3 Å². The largest absolute Gasteiger partial charge is 0.477 e. The summed E-state index contributed by atoms with van der Waals surface area (Å²) in [4.78, 5) is 58.7. The van der Waals surface area contributed by atoms with E-state index in [4.69, 9.17) is 23.7 Å². The Morgan fingerprint density at radius 3 is 1.96 bits per heavy atom. The number of hydrogen-bond acceptors (Lipinski definition) is 12. The molecule has 1 spiro atoms. The van der Waals surface area contributed by atoms with Crippen molar-refractivity contribution in [2.45, 2.75) is 57.6 Å². The van der Waals surface area contributed by atoms with Crippen molar-refractivity contribution < 1.29 is 51.5 Å².